The van der Waals surface area contributed by atoms with E-state index < -0.39 is 0 Å². The zero-order valence-electron chi connectivity index (χ0n) is 5.53. The van der Waals surface area contributed by atoms with Crippen LogP contribution < -0.4 is 0 Å². The molecule has 0 radical (unpaired) electrons. The van der Waals surface area contributed by atoms with Gasteiger partial charge in [0.1, 0.15) is 0 Å². The Morgan fingerprint density at radius 3 is 2.10 bits per heavy atom. The number of halogens is 2. The van der Waals surface area contributed by atoms with Gasteiger partial charge in [0, 0.05) is 0 Å². The average Bonchev–Trinajstić information content (AvgIpc) is 2.24. The van der Waals surface area contributed by atoms with Crippen molar-refractivity contribution in [1.82, 2.24) is 0 Å². The summed E-state index contributed by atoms with van der Waals surface area (Å²) in [5.74, 6) is 0. The molecule has 0 saturated heterocycles. The second-order valence-corrected chi connectivity index (χ2v) is 1.47. The Hall–Kier alpha value is 0.444. The monoisotopic (exact) mass is 218 g/mol. The van der Waals surface area contributed by atoms with Gasteiger partial charge in [0.25, 0.3) is 0 Å². The quantitative estimate of drug-likeness (QED) is 0.571. The molecule has 0 spiro atoms. The Labute approximate surface area is 83.0 Å². The summed E-state index contributed by atoms with van der Waals surface area (Å²) in [7, 11) is 0. The van der Waals surface area contributed by atoms with Crippen LogP contribution >= 0.6 is 24.8 Å². The molecule has 0 atom stereocenters. The van der Waals surface area contributed by atoms with Crippen LogP contribution in [0.1, 0.15) is 13.3 Å². The van der Waals surface area contributed by atoms with Crippen LogP contribution in [0.3, 0.4) is 0 Å². The Morgan fingerprint density at radius 2 is 2.00 bits per heavy atom. The molecule has 1 rings (SSSR count). The molecule has 0 aromatic rings. The molecule has 4 heteroatoms. The molecule has 0 amide bonds. The summed E-state index contributed by atoms with van der Waals surface area (Å²) in [5, 5.41) is 0. The molecular weight excluding hydrogens is 210 g/mol. The van der Waals surface area contributed by atoms with E-state index in [9.17, 15) is 0 Å². The fraction of sp³-hybridized carbons (Fsp3) is 0.333. The van der Waals surface area contributed by atoms with E-state index in [-0.39, 0.29) is 24.8 Å². The molecule has 0 aromatic carbocycles. The summed E-state index contributed by atoms with van der Waals surface area (Å²) in [6.07, 6.45) is 8.33. The molecule has 1 nitrogen and oxygen atoms in total. The number of hydrogen-bond donors (Lipinski definition) is 0. The first kappa shape index (κ1) is 16.8. The van der Waals surface area contributed by atoms with Crippen molar-refractivity contribution in [2.24, 2.45) is 0 Å². The molecular formula is C6H9Cl2OV-. The van der Waals surface area contributed by atoms with Crippen molar-refractivity contribution in [1.29, 1.82) is 0 Å². The van der Waals surface area contributed by atoms with E-state index in [1.165, 1.54) is 5.57 Å². The van der Waals surface area contributed by atoms with Gasteiger partial charge >= 0.3 is 21.0 Å². The van der Waals surface area contributed by atoms with Crippen molar-refractivity contribution in [3.63, 3.8) is 0 Å². The van der Waals surface area contributed by atoms with Crippen LogP contribution in [0, 0.1) is 6.08 Å². The first-order chi connectivity index (χ1) is 3.89. The fourth-order valence-corrected chi connectivity index (χ4v) is 0.515. The topological polar surface area (TPSA) is 17.1 Å². The molecule has 0 aromatic heterocycles. The van der Waals surface area contributed by atoms with Crippen molar-refractivity contribution >= 4 is 24.8 Å². The van der Waals surface area contributed by atoms with Gasteiger partial charge in [0.2, 0.25) is 0 Å². The third kappa shape index (κ3) is 8.44. The second-order valence-electron chi connectivity index (χ2n) is 1.47. The van der Waals surface area contributed by atoms with Gasteiger partial charge in [-0.1, -0.05) is 6.92 Å². The van der Waals surface area contributed by atoms with Gasteiger partial charge in [-0.2, -0.15) is 6.08 Å². The molecule has 0 aliphatic heterocycles. The van der Waals surface area contributed by atoms with Crippen molar-refractivity contribution in [3.05, 3.63) is 23.8 Å². The molecule has 0 heterocycles. The van der Waals surface area contributed by atoms with Crippen LogP contribution in [-0.2, 0) is 21.0 Å². The second kappa shape index (κ2) is 12.2. The maximum atomic E-state index is 8.19. The molecule has 10 heavy (non-hydrogen) atoms. The van der Waals surface area contributed by atoms with Gasteiger partial charge in [-0.25, -0.2) is 11.6 Å². The van der Waals surface area contributed by atoms with E-state index in [2.05, 4.69) is 25.2 Å². The van der Waals surface area contributed by atoms with E-state index >= 15 is 0 Å². The van der Waals surface area contributed by atoms with Crippen LogP contribution in [0.15, 0.2) is 17.7 Å². The SMILES string of the molecule is CC1=[C-]CC=C1.Cl.Cl.[O]=[V]. The van der Waals surface area contributed by atoms with Crippen molar-refractivity contribution in [2.45, 2.75) is 13.3 Å². The van der Waals surface area contributed by atoms with Crippen LogP contribution in [0.4, 0.5) is 0 Å². The average molecular weight is 219 g/mol. The molecule has 0 fully saturated rings. The number of hydrogen-bond acceptors (Lipinski definition) is 1. The van der Waals surface area contributed by atoms with Gasteiger partial charge in [-0.3, -0.25) is 6.08 Å². The summed E-state index contributed by atoms with van der Waals surface area (Å²) < 4.78 is 8.19. The predicted molar refractivity (Wildman–Crippen MR) is 41.4 cm³/mol. The fourth-order valence-electron chi connectivity index (χ4n) is 0.515. The zero-order valence-corrected chi connectivity index (χ0v) is 8.56. The molecule has 1 aliphatic rings. The number of rotatable bonds is 0. The summed E-state index contributed by atoms with van der Waals surface area (Å²) in [5.41, 5.74) is 1.27. The van der Waals surface area contributed by atoms with Crippen molar-refractivity contribution in [3.8, 4) is 0 Å². The molecule has 0 unspecified atom stereocenters. The van der Waals surface area contributed by atoms with Crippen molar-refractivity contribution < 1.29 is 21.0 Å². The van der Waals surface area contributed by atoms with E-state index in [1.54, 1.807) is 0 Å². The van der Waals surface area contributed by atoms with Crippen LogP contribution in [0.5, 0.6) is 0 Å². The third-order valence-corrected chi connectivity index (χ3v) is 0.867. The van der Waals surface area contributed by atoms with E-state index in [0.717, 1.165) is 23.8 Å². The first-order valence-electron chi connectivity index (χ1n) is 2.32. The van der Waals surface area contributed by atoms with Gasteiger partial charge in [-0.05, 0) is 0 Å². The zero-order chi connectivity index (χ0) is 6.41. The minimum absolute atomic E-state index is 0. The van der Waals surface area contributed by atoms with Gasteiger partial charge < -0.3 is 0 Å². The van der Waals surface area contributed by atoms with E-state index in [0.29, 0.717) is 0 Å². The van der Waals surface area contributed by atoms with Gasteiger partial charge in [0.15, 0.2) is 0 Å². The van der Waals surface area contributed by atoms with Crippen LogP contribution in [0.2, 0.25) is 0 Å². The molecule has 0 bridgehead atoms. The van der Waals surface area contributed by atoms with Gasteiger partial charge in [0.05, 0.1) is 0 Å². The molecule has 59 valence electrons. The molecule has 0 N–H and O–H groups in total. The Balaban J connectivity index is -0.000000114. The summed E-state index contributed by atoms with van der Waals surface area (Å²) in [6, 6.07) is 0. The maximum absolute atomic E-state index is 8.19. The van der Waals surface area contributed by atoms with E-state index in [4.69, 9.17) is 3.67 Å². The standard InChI is InChI=1S/C6H7.2ClH.O.V/c1-6-4-2-3-5-6;;;;/h2,4H,3H2,1H3;2*1H;;/q-1;;;;. The summed E-state index contributed by atoms with van der Waals surface area (Å²) in [6.45, 7) is 2.06. The predicted octanol–water partition coefficient (Wildman–Crippen LogP) is 2.42. The van der Waals surface area contributed by atoms with Crippen LogP contribution in [0.25, 0.3) is 0 Å². The molecule has 1 aliphatic carbocycles. The third-order valence-electron chi connectivity index (χ3n) is 0.867. The normalized spacial score (nSPS) is 11.4. The van der Waals surface area contributed by atoms with E-state index in [1.807, 2.05) is 0 Å². The Morgan fingerprint density at radius 1 is 1.50 bits per heavy atom. The first-order valence-corrected chi connectivity index (χ1v) is 2.89. The molecule has 0 saturated carbocycles. The number of allylic oxidation sites excluding steroid dienone is 4. The summed E-state index contributed by atoms with van der Waals surface area (Å²) >= 11 is 1.06. The van der Waals surface area contributed by atoms with Gasteiger partial charge in [-0.15, -0.1) is 31.2 Å². The Kier molecular flexibility index (Phi) is 20.4. The summed E-state index contributed by atoms with van der Waals surface area (Å²) in [4.78, 5) is 0. The minimum atomic E-state index is 0. The van der Waals surface area contributed by atoms with Crippen molar-refractivity contribution in [2.75, 3.05) is 0 Å². The van der Waals surface area contributed by atoms with Crippen LogP contribution in [-0.4, -0.2) is 0 Å². The Bertz CT molecular complexity index is 120.